The summed E-state index contributed by atoms with van der Waals surface area (Å²) in [5.74, 6) is 0.0236. The maximum Gasteiger partial charge on any atom is 0.124 e. The minimum Gasteiger partial charge on any atom is -0.507 e. The molecule has 0 aliphatic carbocycles. The Morgan fingerprint density at radius 2 is 2.25 bits per heavy atom. The van der Waals surface area contributed by atoms with Gasteiger partial charge in [-0.1, -0.05) is 12.2 Å². The highest BCUT2D eigenvalue weighted by molar-refractivity contribution is 6.19. The van der Waals surface area contributed by atoms with Gasteiger partial charge in [0.15, 0.2) is 0 Å². The van der Waals surface area contributed by atoms with E-state index in [1.54, 1.807) is 12.2 Å². The first-order valence-corrected chi connectivity index (χ1v) is 3.98. The number of hydrogen-bond donors (Lipinski definition) is 1. The minimum atomic E-state index is -0.373. The van der Waals surface area contributed by atoms with E-state index >= 15 is 0 Å². The highest BCUT2D eigenvalue weighted by Gasteiger charge is 1.97. The highest BCUT2D eigenvalue weighted by Crippen LogP contribution is 2.18. The fraction of sp³-hybridized carbons (Fsp3) is 0.111. The molecule has 0 amide bonds. The van der Waals surface area contributed by atoms with Crippen LogP contribution in [0.1, 0.15) is 5.56 Å². The van der Waals surface area contributed by atoms with Gasteiger partial charge in [-0.3, -0.25) is 0 Å². The Bertz CT molecular complexity index is 297. The van der Waals surface area contributed by atoms with Gasteiger partial charge in [-0.05, 0) is 18.2 Å². The first kappa shape index (κ1) is 9.07. The quantitative estimate of drug-likeness (QED) is 0.705. The second-order valence-electron chi connectivity index (χ2n) is 2.26. The van der Waals surface area contributed by atoms with Crippen LogP contribution in [0, 0.1) is 5.82 Å². The summed E-state index contributed by atoms with van der Waals surface area (Å²) in [5.41, 5.74) is 0.440. The van der Waals surface area contributed by atoms with Gasteiger partial charge in [-0.25, -0.2) is 4.39 Å². The molecule has 0 fully saturated rings. The lowest BCUT2D eigenvalue weighted by molar-refractivity contribution is 0.471. The van der Waals surface area contributed by atoms with E-state index in [2.05, 4.69) is 0 Å². The first-order chi connectivity index (χ1) is 5.74. The number of phenols is 1. The van der Waals surface area contributed by atoms with Crippen LogP contribution in [0.3, 0.4) is 0 Å². The molecule has 1 aromatic carbocycles. The van der Waals surface area contributed by atoms with Crippen LogP contribution in [0.2, 0.25) is 0 Å². The molecule has 0 aromatic heterocycles. The standard InChI is InChI=1S/C9H8ClFO/c10-5-1-2-7-6-8(11)3-4-9(7)12/h1-4,6,12H,5H2. The predicted octanol–water partition coefficient (Wildman–Crippen LogP) is 2.78. The van der Waals surface area contributed by atoms with E-state index < -0.39 is 0 Å². The van der Waals surface area contributed by atoms with Gasteiger partial charge in [0.25, 0.3) is 0 Å². The molecule has 0 aliphatic heterocycles. The SMILES string of the molecule is Oc1ccc(F)cc1C=CCCl. The zero-order valence-electron chi connectivity index (χ0n) is 6.30. The number of alkyl halides is 1. The molecule has 12 heavy (non-hydrogen) atoms. The van der Waals surface area contributed by atoms with Crippen LogP contribution in [-0.4, -0.2) is 11.0 Å². The maximum absolute atomic E-state index is 12.6. The number of halogens is 2. The molecule has 0 radical (unpaired) electrons. The predicted molar refractivity (Wildman–Crippen MR) is 47.8 cm³/mol. The van der Waals surface area contributed by atoms with Crippen molar-refractivity contribution >= 4 is 17.7 Å². The Labute approximate surface area is 75.1 Å². The van der Waals surface area contributed by atoms with E-state index in [0.717, 1.165) is 0 Å². The molecule has 0 spiro atoms. The number of benzene rings is 1. The van der Waals surface area contributed by atoms with Crippen molar-refractivity contribution in [2.45, 2.75) is 0 Å². The molecule has 1 rings (SSSR count). The van der Waals surface area contributed by atoms with E-state index in [1.165, 1.54) is 18.2 Å². The molecule has 0 atom stereocenters. The van der Waals surface area contributed by atoms with Crippen molar-refractivity contribution in [2.75, 3.05) is 5.88 Å². The molecule has 3 heteroatoms. The Balaban J connectivity index is 2.97. The lowest BCUT2D eigenvalue weighted by Crippen LogP contribution is -1.78. The molecular weight excluding hydrogens is 179 g/mol. The third kappa shape index (κ3) is 2.24. The average molecular weight is 187 g/mol. The second-order valence-corrected chi connectivity index (χ2v) is 2.57. The highest BCUT2D eigenvalue weighted by atomic mass is 35.5. The van der Waals surface area contributed by atoms with Crippen LogP contribution in [0.15, 0.2) is 24.3 Å². The number of aromatic hydroxyl groups is 1. The van der Waals surface area contributed by atoms with Crippen LogP contribution in [0.4, 0.5) is 4.39 Å². The number of hydrogen-bond acceptors (Lipinski definition) is 1. The summed E-state index contributed by atoms with van der Waals surface area (Å²) in [7, 11) is 0. The lowest BCUT2D eigenvalue weighted by atomic mass is 10.2. The monoisotopic (exact) mass is 186 g/mol. The Kier molecular flexibility index (Phi) is 3.11. The largest absolute Gasteiger partial charge is 0.507 e. The summed E-state index contributed by atoms with van der Waals surface area (Å²) in [4.78, 5) is 0. The minimum absolute atomic E-state index is 0.0535. The van der Waals surface area contributed by atoms with Crippen molar-refractivity contribution < 1.29 is 9.50 Å². The van der Waals surface area contributed by atoms with Gasteiger partial charge < -0.3 is 5.11 Å². The van der Waals surface area contributed by atoms with E-state index in [-0.39, 0.29) is 11.6 Å². The van der Waals surface area contributed by atoms with Gasteiger partial charge in [0.05, 0.1) is 0 Å². The molecule has 1 nitrogen and oxygen atoms in total. The van der Waals surface area contributed by atoms with Gasteiger partial charge in [0, 0.05) is 11.4 Å². The maximum atomic E-state index is 12.6. The molecule has 0 unspecified atom stereocenters. The van der Waals surface area contributed by atoms with Crippen molar-refractivity contribution in [3.8, 4) is 5.75 Å². The number of rotatable bonds is 2. The summed E-state index contributed by atoms with van der Waals surface area (Å²) in [6, 6.07) is 3.76. The average Bonchev–Trinajstić information content (AvgIpc) is 2.07. The Morgan fingerprint density at radius 3 is 2.92 bits per heavy atom. The van der Waals surface area contributed by atoms with Gasteiger partial charge in [0.1, 0.15) is 11.6 Å². The molecule has 0 saturated carbocycles. The molecule has 0 bridgehead atoms. The molecule has 1 N–H and O–H groups in total. The van der Waals surface area contributed by atoms with E-state index in [4.69, 9.17) is 11.6 Å². The summed E-state index contributed by atoms with van der Waals surface area (Å²) < 4.78 is 12.6. The van der Waals surface area contributed by atoms with Gasteiger partial charge in [-0.2, -0.15) is 0 Å². The van der Waals surface area contributed by atoms with Gasteiger partial charge in [-0.15, -0.1) is 11.6 Å². The van der Waals surface area contributed by atoms with Crippen molar-refractivity contribution in [3.63, 3.8) is 0 Å². The topological polar surface area (TPSA) is 20.2 Å². The lowest BCUT2D eigenvalue weighted by Gasteiger charge is -1.97. The first-order valence-electron chi connectivity index (χ1n) is 3.45. The third-order valence-electron chi connectivity index (χ3n) is 1.38. The summed E-state index contributed by atoms with van der Waals surface area (Å²) in [6.45, 7) is 0. The molecule has 0 heterocycles. The zero-order chi connectivity index (χ0) is 8.97. The smallest absolute Gasteiger partial charge is 0.124 e. The normalized spacial score (nSPS) is 10.8. The van der Waals surface area contributed by atoms with Crippen LogP contribution >= 0.6 is 11.6 Å². The number of allylic oxidation sites excluding steroid dienone is 1. The fourth-order valence-corrected chi connectivity index (χ4v) is 0.919. The second kappa shape index (κ2) is 4.12. The number of phenolic OH excluding ortho intramolecular Hbond substituents is 1. The van der Waals surface area contributed by atoms with Crippen molar-refractivity contribution in [3.05, 3.63) is 35.7 Å². The van der Waals surface area contributed by atoms with Gasteiger partial charge in [0.2, 0.25) is 0 Å². The summed E-state index contributed by atoms with van der Waals surface area (Å²) in [6.07, 6.45) is 3.21. The van der Waals surface area contributed by atoms with Crippen molar-refractivity contribution in [2.24, 2.45) is 0 Å². The fourth-order valence-electron chi connectivity index (χ4n) is 0.830. The molecule has 0 aliphatic rings. The van der Waals surface area contributed by atoms with Crippen molar-refractivity contribution in [1.29, 1.82) is 0 Å². The van der Waals surface area contributed by atoms with E-state index in [1.807, 2.05) is 0 Å². The van der Waals surface area contributed by atoms with Gasteiger partial charge >= 0.3 is 0 Å². The van der Waals surface area contributed by atoms with Crippen LogP contribution in [-0.2, 0) is 0 Å². The molecular formula is C9H8ClFO. The molecule has 0 saturated heterocycles. The van der Waals surface area contributed by atoms with Crippen LogP contribution in [0.25, 0.3) is 6.08 Å². The third-order valence-corrected chi connectivity index (χ3v) is 1.55. The summed E-state index contributed by atoms with van der Waals surface area (Å²) in [5, 5.41) is 9.20. The molecule has 64 valence electrons. The Morgan fingerprint density at radius 1 is 1.50 bits per heavy atom. The van der Waals surface area contributed by atoms with Crippen LogP contribution in [0.5, 0.6) is 5.75 Å². The summed E-state index contributed by atoms with van der Waals surface area (Å²) >= 11 is 5.38. The molecule has 1 aromatic rings. The van der Waals surface area contributed by atoms with Crippen LogP contribution < -0.4 is 0 Å². The Hall–Kier alpha value is -1.02. The van der Waals surface area contributed by atoms with E-state index in [0.29, 0.717) is 11.4 Å². The van der Waals surface area contributed by atoms with E-state index in [9.17, 15) is 9.50 Å². The van der Waals surface area contributed by atoms with Crippen molar-refractivity contribution in [1.82, 2.24) is 0 Å². The zero-order valence-corrected chi connectivity index (χ0v) is 7.05.